The quantitative estimate of drug-likeness (QED) is 0.691. The summed E-state index contributed by atoms with van der Waals surface area (Å²) >= 11 is 7.00. The molecule has 0 unspecified atom stereocenters. The minimum absolute atomic E-state index is 0.389. The first-order valence-corrected chi connectivity index (χ1v) is 8.49. The van der Waals surface area contributed by atoms with Crippen molar-refractivity contribution in [2.75, 3.05) is 0 Å². The number of carbonyl (C=O) groups is 2. The van der Waals surface area contributed by atoms with Gasteiger partial charge in [0.25, 0.3) is 11.8 Å². The highest BCUT2D eigenvalue weighted by molar-refractivity contribution is 7.17. The first-order valence-electron chi connectivity index (χ1n) is 7.29. The Balaban J connectivity index is 1.68. The first-order chi connectivity index (χ1) is 12.0. The molecule has 2 amide bonds. The zero-order valence-corrected chi connectivity index (χ0v) is 14.7. The molecule has 126 valence electrons. The molecule has 0 aliphatic heterocycles. The maximum Gasteiger partial charge on any atom is 0.281 e. The Labute approximate surface area is 152 Å². The smallest absolute Gasteiger partial charge is 0.267 e. The van der Waals surface area contributed by atoms with Crippen molar-refractivity contribution >= 4 is 34.8 Å². The third-order valence-corrected chi connectivity index (χ3v) is 4.71. The van der Waals surface area contributed by atoms with E-state index >= 15 is 0 Å². The van der Waals surface area contributed by atoms with Crippen LogP contribution in [0, 0.1) is 6.92 Å². The van der Waals surface area contributed by atoms with Gasteiger partial charge in [-0.3, -0.25) is 25.4 Å². The zero-order chi connectivity index (χ0) is 17.8. The van der Waals surface area contributed by atoms with Gasteiger partial charge in [0.05, 0.1) is 11.4 Å². The number of pyridine rings is 1. The maximum atomic E-state index is 12.3. The number of rotatable bonds is 3. The maximum absolute atomic E-state index is 12.3. The van der Waals surface area contributed by atoms with E-state index in [2.05, 4.69) is 20.8 Å². The molecule has 3 rings (SSSR count). The Bertz CT molecular complexity index is 910. The third-order valence-electron chi connectivity index (χ3n) is 3.28. The van der Waals surface area contributed by atoms with Gasteiger partial charge in [0.1, 0.15) is 9.88 Å². The Morgan fingerprint density at radius 2 is 1.76 bits per heavy atom. The van der Waals surface area contributed by atoms with Gasteiger partial charge in [-0.1, -0.05) is 17.7 Å². The summed E-state index contributed by atoms with van der Waals surface area (Å²) in [6.07, 6.45) is 1.66. The van der Waals surface area contributed by atoms with Gasteiger partial charge >= 0.3 is 0 Å². The third kappa shape index (κ3) is 4.01. The van der Waals surface area contributed by atoms with Gasteiger partial charge in [0, 0.05) is 16.8 Å². The highest BCUT2D eigenvalue weighted by Gasteiger charge is 2.17. The predicted molar refractivity (Wildman–Crippen MR) is 96.5 cm³/mol. The number of aromatic nitrogens is 2. The lowest BCUT2D eigenvalue weighted by molar-refractivity contribution is 0.0848. The second kappa shape index (κ2) is 7.42. The lowest BCUT2D eigenvalue weighted by atomic mass is 10.2. The van der Waals surface area contributed by atoms with E-state index in [-0.39, 0.29) is 0 Å². The van der Waals surface area contributed by atoms with E-state index in [9.17, 15) is 9.59 Å². The molecule has 25 heavy (non-hydrogen) atoms. The number of benzene rings is 1. The first kappa shape index (κ1) is 17.1. The molecule has 0 bridgehead atoms. The number of aryl methyl sites for hydroxylation is 1. The minimum Gasteiger partial charge on any atom is -0.267 e. The van der Waals surface area contributed by atoms with Crippen LogP contribution in [-0.2, 0) is 0 Å². The van der Waals surface area contributed by atoms with Gasteiger partial charge < -0.3 is 0 Å². The van der Waals surface area contributed by atoms with Gasteiger partial charge in [-0.2, -0.15) is 0 Å². The second-order valence-corrected chi connectivity index (χ2v) is 6.50. The van der Waals surface area contributed by atoms with Crippen LogP contribution in [0.5, 0.6) is 0 Å². The molecule has 2 aromatic heterocycles. The Kier molecular flexibility index (Phi) is 5.06. The summed E-state index contributed by atoms with van der Waals surface area (Å²) in [4.78, 5) is 33.3. The lowest BCUT2D eigenvalue weighted by Gasteiger charge is -2.06. The fourth-order valence-corrected chi connectivity index (χ4v) is 3.11. The molecule has 3 aromatic rings. The molecular formula is C17H13ClN4O2S. The van der Waals surface area contributed by atoms with E-state index in [1.165, 1.54) is 11.3 Å². The number of nitrogens with zero attached hydrogens (tertiary/aromatic N) is 2. The number of hydrazine groups is 1. The van der Waals surface area contributed by atoms with E-state index in [4.69, 9.17) is 11.6 Å². The monoisotopic (exact) mass is 372 g/mol. The van der Waals surface area contributed by atoms with Gasteiger partial charge in [0.15, 0.2) is 0 Å². The van der Waals surface area contributed by atoms with Crippen LogP contribution in [0.4, 0.5) is 0 Å². The van der Waals surface area contributed by atoms with Crippen molar-refractivity contribution in [1.82, 2.24) is 20.8 Å². The van der Waals surface area contributed by atoms with Crippen LogP contribution in [0.1, 0.15) is 25.7 Å². The normalized spacial score (nSPS) is 10.3. The number of amides is 2. The Hall–Kier alpha value is -2.77. The number of hydrogen-bond acceptors (Lipinski definition) is 5. The van der Waals surface area contributed by atoms with E-state index in [0.717, 1.165) is 0 Å². The molecule has 0 aliphatic carbocycles. The summed E-state index contributed by atoms with van der Waals surface area (Å²) < 4.78 is 0. The van der Waals surface area contributed by atoms with Crippen molar-refractivity contribution in [2.24, 2.45) is 0 Å². The number of thiazole rings is 1. The molecule has 8 heteroatoms. The lowest BCUT2D eigenvalue weighted by Crippen LogP contribution is -2.41. The van der Waals surface area contributed by atoms with Gasteiger partial charge in [-0.15, -0.1) is 11.3 Å². The van der Waals surface area contributed by atoms with E-state index in [1.54, 1.807) is 37.4 Å². The molecule has 1 aromatic carbocycles. The summed E-state index contributed by atoms with van der Waals surface area (Å²) in [5.74, 6) is -0.864. The van der Waals surface area contributed by atoms with Crippen molar-refractivity contribution < 1.29 is 9.59 Å². The number of halogens is 1. The molecule has 0 saturated heterocycles. The topological polar surface area (TPSA) is 84.0 Å². The highest BCUT2D eigenvalue weighted by atomic mass is 35.5. The Morgan fingerprint density at radius 3 is 2.44 bits per heavy atom. The van der Waals surface area contributed by atoms with Crippen LogP contribution in [0.3, 0.4) is 0 Å². The average molecular weight is 373 g/mol. The van der Waals surface area contributed by atoms with Crippen LogP contribution in [0.2, 0.25) is 5.02 Å². The second-order valence-electron chi connectivity index (χ2n) is 5.06. The van der Waals surface area contributed by atoms with E-state index in [0.29, 0.717) is 31.9 Å². The standard InChI is InChI=1S/C17H13ClN4O2S/c1-10-14(25-17(20-10)13-4-2-3-9-19-13)16(24)22-21-15(23)11-5-7-12(18)8-6-11/h2-9H,1H3,(H,21,23)(H,22,24). The summed E-state index contributed by atoms with van der Waals surface area (Å²) in [5.41, 5.74) is 6.43. The highest BCUT2D eigenvalue weighted by Crippen LogP contribution is 2.26. The molecule has 0 radical (unpaired) electrons. The summed E-state index contributed by atoms with van der Waals surface area (Å²) in [5, 5.41) is 1.18. The predicted octanol–water partition coefficient (Wildman–Crippen LogP) is 3.24. The molecule has 6 nitrogen and oxygen atoms in total. The molecule has 0 spiro atoms. The molecule has 2 heterocycles. The van der Waals surface area contributed by atoms with Crippen LogP contribution in [0.15, 0.2) is 48.7 Å². The van der Waals surface area contributed by atoms with E-state index in [1.807, 2.05) is 18.2 Å². The van der Waals surface area contributed by atoms with Crippen molar-refractivity contribution in [3.63, 3.8) is 0 Å². The molecule has 0 atom stereocenters. The van der Waals surface area contributed by atoms with Crippen molar-refractivity contribution in [3.05, 3.63) is 69.8 Å². The fraction of sp³-hybridized carbons (Fsp3) is 0.0588. The average Bonchev–Trinajstić information content (AvgIpc) is 3.02. The molecule has 0 fully saturated rings. The zero-order valence-electron chi connectivity index (χ0n) is 13.1. The Morgan fingerprint density at radius 1 is 1.04 bits per heavy atom. The number of hydrogen-bond donors (Lipinski definition) is 2. The largest absolute Gasteiger partial charge is 0.281 e. The van der Waals surface area contributed by atoms with Crippen LogP contribution in [-0.4, -0.2) is 21.8 Å². The minimum atomic E-state index is -0.433. The van der Waals surface area contributed by atoms with Crippen molar-refractivity contribution in [2.45, 2.75) is 6.92 Å². The summed E-state index contributed by atoms with van der Waals surface area (Å²) in [6.45, 7) is 1.73. The van der Waals surface area contributed by atoms with Crippen LogP contribution < -0.4 is 10.9 Å². The molecule has 0 saturated carbocycles. The van der Waals surface area contributed by atoms with Gasteiger partial charge in [0.2, 0.25) is 0 Å². The van der Waals surface area contributed by atoms with Crippen LogP contribution in [0.25, 0.3) is 10.7 Å². The number of carbonyl (C=O) groups excluding carboxylic acids is 2. The fourth-order valence-electron chi connectivity index (χ4n) is 2.05. The SMILES string of the molecule is Cc1nc(-c2ccccn2)sc1C(=O)NNC(=O)c1ccc(Cl)cc1. The van der Waals surface area contributed by atoms with E-state index < -0.39 is 11.8 Å². The molecule has 2 N–H and O–H groups in total. The number of nitrogens with one attached hydrogen (secondary N) is 2. The van der Waals surface area contributed by atoms with Crippen molar-refractivity contribution in [1.29, 1.82) is 0 Å². The van der Waals surface area contributed by atoms with Gasteiger partial charge in [-0.05, 0) is 43.3 Å². The molecular weight excluding hydrogens is 360 g/mol. The van der Waals surface area contributed by atoms with Crippen LogP contribution >= 0.6 is 22.9 Å². The van der Waals surface area contributed by atoms with Crippen molar-refractivity contribution in [3.8, 4) is 10.7 Å². The molecule has 0 aliphatic rings. The van der Waals surface area contributed by atoms with Gasteiger partial charge in [-0.25, -0.2) is 4.98 Å². The summed E-state index contributed by atoms with van der Waals surface area (Å²) in [7, 11) is 0. The summed E-state index contributed by atoms with van der Waals surface area (Å²) in [6, 6.07) is 11.8.